The first kappa shape index (κ1) is 21.5. The number of ether oxygens (including phenoxy) is 1. The van der Waals surface area contributed by atoms with Crippen molar-refractivity contribution in [2.24, 2.45) is 0 Å². The molecule has 0 aliphatic carbocycles. The average molecular weight is 436 g/mol. The van der Waals surface area contributed by atoms with Gasteiger partial charge in [0.1, 0.15) is 24.6 Å². The van der Waals surface area contributed by atoms with E-state index in [2.05, 4.69) is 4.98 Å². The first-order valence-electron chi connectivity index (χ1n) is 10.0. The summed E-state index contributed by atoms with van der Waals surface area (Å²) in [6.45, 7) is -0.417. The van der Waals surface area contributed by atoms with Gasteiger partial charge >= 0.3 is 6.18 Å². The molecule has 31 heavy (non-hydrogen) atoms. The summed E-state index contributed by atoms with van der Waals surface area (Å²) < 4.78 is 74.5. The third-order valence-corrected chi connectivity index (χ3v) is 5.56. The fourth-order valence-electron chi connectivity index (χ4n) is 4.13. The fraction of sp³-hybridized carbons (Fsp3) is 0.348. The van der Waals surface area contributed by atoms with E-state index in [0.717, 1.165) is 6.07 Å². The number of hydrogen-bond donors (Lipinski definition) is 0. The van der Waals surface area contributed by atoms with E-state index in [1.54, 1.807) is 30.3 Å². The third-order valence-electron chi connectivity index (χ3n) is 5.56. The molecule has 0 N–H and O–H groups in total. The minimum atomic E-state index is -4.40. The van der Waals surface area contributed by atoms with E-state index in [-0.39, 0.29) is 41.6 Å². The quantitative estimate of drug-likeness (QED) is 0.363. The lowest BCUT2D eigenvalue weighted by Crippen LogP contribution is -2.45. The van der Waals surface area contributed by atoms with Gasteiger partial charge in [-0.05, 0) is 24.5 Å². The standard InChI is InChI=1S/C23H21F5N2O/c24-14-16-7-4-8-18-19(13-20(25)29-21(16)18)31-17-9-11-30(12-10-17)22(23(26,27)28)15-5-2-1-3-6-15/h1-8,13,17,22H,9-12,14H2. The summed E-state index contributed by atoms with van der Waals surface area (Å²) in [6, 6.07) is 12.1. The van der Waals surface area contributed by atoms with Crippen molar-refractivity contribution in [1.82, 2.24) is 9.88 Å². The van der Waals surface area contributed by atoms with Crippen molar-refractivity contribution >= 4 is 10.9 Å². The predicted molar refractivity (Wildman–Crippen MR) is 107 cm³/mol. The number of piperidine rings is 1. The first-order valence-corrected chi connectivity index (χ1v) is 10.0. The Morgan fingerprint density at radius 3 is 2.39 bits per heavy atom. The molecule has 0 amide bonds. The number of aromatic nitrogens is 1. The summed E-state index contributed by atoms with van der Waals surface area (Å²) in [7, 11) is 0. The lowest BCUT2D eigenvalue weighted by molar-refractivity contribution is -0.190. The highest BCUT2D eigenvalue weighted by Crippen LogP contribution is 2.39. The Hall–Kier alpha value is -2.74. The number of nitrogens with zero attached hydrogens (tertiary/aromatic N) is 2. The molecule has 3 nitrogen and oxygen atoms in total. The molecule has 1 saturated heterocycles. The van der Waals surface area contributed by atoms with Crippen molar-refractivity contribution in [3.8, 4) is 5.75 Å². The second-order valence-corrected chi connectivity index (χ2v) is 7.60. The van der Waals surface area contributed by atoms with Gasteiger partial charge in [-0.1, -0.05) is 42.5 Å². The molecule has 1 aromatic heterocycles. The van der Waals surface area contributed by atoms with Gasteiger partial charge in [0.05, 0.1) is 5.52 Å². The van der Waals surface area contributed by atoms with Crippen LogP contribution < -0.4 is 4.74 Å². The monoisotopic (exact) mass is 436 g/mol. The van der Waals surface area contributed by atoms with Crippen LogP contribution in [0.25, 0.3) is 10.9 Å². The van der Waals surface area contributed by atoms with Crippen LogP contribution in [0.1, 0.15) is 30.0 Å². The number of likely N-dealkylation sites (tertiary alicyclic amines) is 1. The summed E-state index contributed by atoms with van der Waals surface area (Å²) in [5.41, 5.74) is 0.654. The molecule has 0 bridgehead atoms. The highest BCUT2D eigenvalue weighted by molar-refractivity contribution is 5.87. The number of pyridine rings is 1. The summed E-state index contributed by atoms with van der Waals surface area (Å²) in [5.74, 6) is -0.561. The fourth-order valence-corrected chi connectivity index (χ4v) is 4.13. The van der Waals surface area contributed by atoms with Crippen LogP contribution in [0.5, 0.6) is 5.75 Å². The Bertz CT molecular complexity index is 1030. The van der Waals surface area contributed by atoms with Crippen molar-refractivity contribution in [3.63, 3.8) is 0 Å². The molecule has 0 radical (unpaired) electrons. The molecule has 4 rings (SSSR count). The maximum atomic E-state index is 14.0. The number of alkyl halides is 4. The molecule has 0 spiro atoms. The van der Waals surface area contributed by atoms with Gasteiger partial charge in [-0.3, -0.25) is 4.90 Å². The molecule has 1 aliphatic heterocycles. The van der Waals surface area contributed by atoms with Crippen LogP contribution in [0.4, 0.5) is 22.0 Å². The molecule has 0 saturated carbocycles. The summed E-state index contributed by atoms with van der Waals surface area (Å²) in [6.07, 6.45) is -4.07. The highest BCUT2D eigenvalue weighted by atomic mass is 19.4. The number of para-hydroxylation sites is 1. The smallest absolute Gasteiger partial charge is 0.408 e. The molecular weight excluding hydrogens is 415 g/mol. The maximum absolute atomic E-state index is 14.0. The SMILES string of the molecule is FCc1cccc2c(OC3CCN(C(c4ccccc4)C(F)(F)F)CC3)cc(F)nc12. The predicted octanol–water partition coefficient (Wildman–Crippen LogP) is 5.99. The molecule has 3 aromatic rings. The zero-order valence-electron chi connectivity index (χ0n) is 16.6. The number of fused-ring (bicyclic) bond motifs is 1. The number of hydrogen-bond acceptors (Lipinski definition) is 3. The Morgan fingerprint density at radius 1 is 1.03 bits per heavy atom. The Balaban J connectivity index is 1.51. The normalized spacial score (nSPS) is 17.1. The van der Waals surface area contributed by atoms with E-state index < -0.39 is 24.8 Å². The van der Waals surface area contributed by atoms with Gasteiger partial charge in [-0.2, -0.15) is 17.6 Å². The van der Waals surface area contributed by atoms with Crippen molar-refractivity contribution in [2.75, 3.05) is 13.1 Å². The largest absolute Gasteiger partial charge is 0.489 e. The van der Waals surface area contributed by atoms with Crippen molar-refractivity contribution in [3.05, 3.63) is 71.7 Å². The molecule has 164 valence electrons. The van der Waals surface area contributed by atoms with Gasteiger partial charge in [-0.25, -0.2) is 9.37 Å². The molecule has 1 atom stereocenters. The van der Waals surface area contributed by atoms with Gasteiger partial charge in [0, 0.05) is 30.1 Å². The van der Waals surface area contributed by atoms with Crippen LogP contribution in [0.2, 0.25) is 0 Å². The van der Waals surface area contributed by atoms with E-state index >= 15 is 0 Å². The van der Waals surface area contributed by atoms with Crippen LogP contribution in [0.15, 0.2) is 54.6 Å². The Labute approximate surface area is 176 Å². The van der Waals surface area contributed by atoms with Crippen LogP contribution in [-0.4, -0.2) is 35.3 Å². The third kappa shape index (κ3) is 4.63. The van der Waals surface area contributed by atoms with Gasteiger partial charge in [0.15, 0.2) is 0 Å². The lowest BCUT2D eigenvalue weighted by atomic mass is 10.00. The van der Waals surface area contributed by atoms with Crippen molar-refractivity contribution < 1.29 is 26.7 Å². The highest BCUT2D eigenvalue weighted by Gasteiger charge is 2.45. The van der Waals surface area contributed by atoms with E-state index in [1.165, 1.54) is 23.1 Å². The molecule has 1 unspecified atom stereocenters. The summed E-state index contributed by atoms with van der Waals surface area (Å²) >= 11 is 0. The number of halogens is 5. The van der Waals surface area contributed by atoms with Crippen LogP contribution in [0.3, 0.4) is 0 Å². The van der Waals surface area contributed by atoms with Crippen molar-refractivity contribution in [1.29, 1.82) is 0 Å². The Morgan fingerprint density at radius 2 is 1.74 bits per heavy atom. The maximum Gasteiger partial charge on any atom is 0.408 e. The summed E-state index contributed by atoms with van der Waals surface area (Å²) in [4.78, 5) is 5.18. The topological polar surface area (TPSA) is 25.4 Å². The van der Waals surface area contributed by atoms with Crippen LogP contribution >= 0.6 is 0 Å². The van der Waals surface area contributed by atoms with Crippen molar-refractivity contribution in [2.45, 2.75) is 37.8 Å². The number of rotatable bonds is 5. The minimum absolute atomic E-state index is 0.185. The van der Waals surface area contributed by atoms with E-state index in [0.29, 0.717) is 18.2 Å². The molecule has 1 aliphatic rings. The second kappa shape index (κ2) is 8.78. The molecule has 2 aromatic carbocycles. The second-order valence-electron chi connectivity index (χ2n) is 7.60. The summed E-state index contributed by atoms with van der Waals surface area (Å²) in [5, 5.41) is 0.483. The van der Waals surface area contributed by atoms with Gasteiger partial charge in [0.2, 0.25) is 5.95 Å². The molecule has 2 heterocycles. The zero-order chi connectivity index (χ0) is 22.0. The first-order chi connectivity index (χ1) is 14.9. The van der Waals surface area contributed by atoms with E-state index in [1.807, 2.05) is 0 Å². The average Bonchev–Trinajstić information content (AvgIpc) is 2.74. The lowest BCUT2D eigenvalue weighted by Gasteiger charge is -2.38. The van der Waals surface area contributed by atoms with Gasteiger partial charge in [0.25, 0.3) is 0 Å². The minimum Gasteiger partial charge on any atom is -0.489 e. The van der Waals surface area contributed by atoms with E-state index in [9.17, 15) is 22.0 Å². The van der Waals surface area contributed by atoms with Gasteiger partial charge < -0.3 is 4.74 Å². The Kier molecular flexibility index (Phi) is 6.09. The van der Waals surface area contributed by atoms with Crippen LogP contribution in [0, 0.1) is 5.95 Å². The molecule has 8 heteroatoms. The van der Waals surface area contributed by atoms with Crippen LogP contribution in [-0.2, 0) is 6.67 Å². The molecule has 1 fully saturated rings. The van der Waals surface area contributed by atoms with Gasteiger partial charge in [-0.15, -0.1) is 0 Å². The zero-order valence-corrected chi connectivity index (χ0v) is 16.6. The van der Waals surface area contributed by atoms with E-state index in [4.69, 9.17) is 4.74 Å². The number of benzene rings is 2. The molecular formula is C23H21F5N2O.